The predicted octanol–water partition coefficient (Wildman–Crippen LogP) is 1.62. The Morgan fingerprint density at radius 2 is 1.95 bits per heavy atom. The van der Waals surface area contributed by atoms with Gasteiger partial charge in [-0.15, -0.1) is 10.2 Å². The van der Waals surface area contributed by atoms with Crippen molar-refractivity contribution in [2.45, 2.75) is 38.9 Å². The molecule has 0 bridgehead atoms. The highest BCUT2D eigenvalue weighted by Gasteiger charge is 2.22. The number of hydrogen-bond acceptors (Lipinski definition) is 4. The summed E-state index contributed by atoms with van der Waals surface area (Å²) in [5.74, 6) is 0.539. The van der Waals surface area contributed by atoms with Crippen molar-refractivity contribution in [3.05, 3.63) is 29.3 Å². The Balaban J connectivity index is 2.69. The van der Waals surface area contributed by atoms with Crippen LogP contribution >= 0.6 is 0 Å². The quantitative estimate of drug-likeness (QED) is 0.927. The molecule has 0 aliphatic carbocycles. The molecule has 6 nitrogen and oxygen atoms in total. The third-order valence-corrected chi connectivity index (χ3v) is 4.08. The molecule has 7 heteroatoms. The number of aryl methyl sites for hydroxylation is 1. The molecule has 0 fully saturated rings. The van der Waals surface area contributed by atoms with Crippen LogP contribution in [-0.2, 0) is 16.6 Å². The molecule has 0 unspecified atom stereocenters. The second-order valence-corrected chi connectivity index (χ2v) is 6.21. The zero-order chi connectivity index (χ0) is 14.9. The smallest absolute Gasteiger partial charge is 0.273 e. The molecule has 0 amide bonds. The first-order valence-electron chi connectivity index (χ1n) is 6.38. The SMILES string of the molecule is CCCn1c(-c2cccc(C)c2C)nnc1S(N)(=O)=O. The van der Waals surface area contributed by atoms with E-state index >= 15 is 0 Å². The molecule has 0 spiro atoms. The normalized spacial score (nSPS) is 11.8. The summed E-state index contributed by atoms with van der Waals surface area (Å²) in [6, 6.07) is 5.82. The Morgan fingerprint density at radius 1 is 1.25 bits per heavy atom. The van der Waals surface area contributed by atoms with Gasteiger partial charge in [-0.2, -0.15) is 0 Å². The van der Waals surface area contributed by atoms with Gasteiger partial charge in [0.25, 0.3) is 15.2 Å². The van der Waals surface area contributed by atoms with Gasteiger partial charge in [-0.1, -0.05) is 25.1 Å². The third-order valence-electron chi connectivity index (χ3n) is 3.26. The Labute approximate surface area is 118 Å². The Bertz CT molecular complexity index is 735. The van der Waals surface area contributed by atoms with Gasteiger partial charge in [0, 0.05) is 12.1 Å². The molecule has 0 aliphatic rings. The van der Waals surface area contributed by atoms with E-state index in [0.29, 0.717) is 12.4 Å². The van der Waals surface area contributed by atoms with Crippen molar-refractivity contribution in [1.29, 1.82) is 0 Å². The average Bonchev–Trinajstić information content (AvgIpc) is 2.77. The maximum absolute atomic E-state index is 11.6. The number of nitrogens with zero attached hydrogens (tertiary/aromatic N) is 3. The molecule has 1 aromatic carbocycles. The van der Waals surface area contributed by atoms with Crippen molar-refractivity contribution in [1.82, 2.24) is 14.8 Å². The maximum Gasteiger partial charge on any atom is 0.273 e. The van der Waals surface area contributed by atoms with Crippen LogP contribution in [0.15, 0.2) is 23.4 Å². The lowest BCUT2D eigenvalue weighted by atomic mass is 10.0. The lowest BCUT2D eigenvalue weighted by molar-refractivity contribution is 0.559. The van der Waals surface area contributed by atoms with Crippen molar-refractivity contribution in [2.75, 3.05) is 0 Å². The first-order valence-corrected chi connectivity index (χ1v) is 7.93. The highest BCUT2D eigenvalue weighted by molar-refractivity contribution is 7.89. The van der Waals surface area contributed by atoms with Crippen molar-refractivity contribution in [3.8, 4) is 11.4 Å². The fourth-order valence-corrected chi connectivity index (χ4v) is 2.76. The van der Waals surface area contributed by atoms with Gasteiger partial charge < -0.3 is 0 Å². The van der Waals surface area contributed by atoms with E-state index in [-0.39, 0.29) is 5.16 Å². The fourth-order valence-electron chi connectivity index (χ4n) is 2.12. The molecule has 108 valence electrons. The van der Waals surface area contributed by atoms with Crippen LogP contribution in [0.3, 0.4) is 0 Å². The predicted molar refractivity (Wildman–Crippen MR) is 76.6 cm³/mol. The summed E-state index contributed by atoms with van der Waals surface area (Å²) in [5.41, 5.74) is 3.05. The molecule has 0 radical (unpaired) electrons. The summed E-state index contributed by atoms with van der Waals surface area (Å²) in [6.45, 7) is 6.44. The maximum atomic E-state index is 11.6. The van der Waals surface area contributed by atoms with E-state index in [0.717, 1.165) is 23.1 Å². The largest absolute Gasteiger partial charge is 0.297 e. The van der Waals surface area contributed by atoms with Crippen LogP contribution in [0.1, 0.15) is 24.5 Å². The topological polar surface area (TPSA) is 90.9 Å². The van der Waals surface area contributed by atoms with Crippen LogP contribution in [0.25, 0.3) is 11.4 Å². The lowest BCUT2D eigenvalue weighted by Gasteiger charge is -2.11. The first kappa shape index (κ1) is 14.7. The number of primary sulfonamides is 1. The molecule has 1 heterocycles. The number of aromatic nitrogens is 3. The van der Waals surface area contributed by atoms with Crippen molar-refractivity contribution >= 4 is 10.0 Å². The van der Waals surface area contributed by atoms with Gasteiger partial charge in [-0.25, -0.2) is 13.6 Å². The summed E-state index contributed by atoms with van der Waals surface area (Å²) in [7, 11) is -3.88. The Morgan fingerprint density at radius 3 is 2.55 bits per heavy atom. The Kier molecular flexibility index (Phi) is 3.92. The molecule has 0 atom stereocenters. The highest BCUT2D eigenvalue weighted by atomic mass is 32.2. The zero-order valence-corrected chi connectivity index (χ0v) is 12.6. The minimum absolute atomic E-state index is 0.185. The second-order valence-electron chi connectivity index (χ2n) is 4.75. The molecule has 2 aromatic rings. The molecule has 2 N–H and O–H groups in total. The van der Waals surface area contributed by atoms with E-state index in [1.165, 1.54) is 0 Å². The standard InChI is InChI=1S/C13H18N4O2S/c1-4-8-17-12(15-16-13(17)20(14,18)19)11-7-5-6-9(2)10(11)3/h5-7H,4,8H2,1-3H3,(H2,14,18,19). The number of nitrogens with two attached hydrogens (primary N) is 1. The van der Waals surface area contributed by atoms with Gasteiger partial charge in [-0.05, 0) is 31.4 Å². The minimum atomic E-state index is -3.88. The van der Waals surface area contributed by atoms with Crippen molar-refractivity contribution in [3.63, 3.8) is 0 Å². The van der Waals surface area contributed by atoms with E-state index < -0.39 is 10.0 Å². The van der Waals surface area contributed by atoms with Crippen molar-refractivity contribution in [2.24, 2.45) is 5.14 Å². The molecule has 0 saturated heterocycles. The summed E-state index contributed by atoms with van der Waals surface area (Å²) in [6.07, 6.45) is 0.762. The number of hydrogen-bond donors (Lipinski definition) is 1. The van der Waals surface area contributed by atoms with Gasteiger partial charge in [0.15, 0.2) is 5.82 Å². The molecular formula is C13H18N4O2S. The van der Waals surface area contributed by atoms with E-state index in [1.807, 2.05) is 39.0 Å². The average molecular weight is 294 g/mol. The first-order chi connectivity index (χ1) is 9.36. The molecule has 1 aromatic heterocycles. The summed E-state index contributed by atoms with van der Waals surface area (Å²) in [5, 5.41) is 12.8. The molecule has 0 aliphatic heterocycles. The molecule has 20 heavy (non-hydrogen) atoms. The van der Waals surface area contributed by atoms with E-state index in [2.05, 4.69) is 10.2 Å². The number of rotatable bonds is 4. The second kappa shape index (κ2) is 5.34. The van der Waals surface area contributed by atoms with Gasteiger partial charge in [0.1, 0.15) is 0 Å². The fraction of sp³-hybridized carbons (Fsp3) is 0.385. The van der Waals surface area contributed by atoms with Gasteiger partial charge in [-0.3, -0.25) is 4.57 Å². The summed E-state index contributed by atoms with van der Waals surface area (Å²) in [4.78, 5) is 0. The highest BCUT2D eigenvalue weighted by Crippen LogP contribution is 2.25. The van der Waals surface area contributed by atoms with Crippen LogP contribution < -0.4 is 5.14 Å². The van der Waals surface area contributed by atoms with Crippen LogP contribution in [-0.4, -0.2) is 23.2 Å². The molecular weight excluding hydrogens is 276 g/mol. The zero-order valence-electron chi connectivity index (χ0n) is 11.8. The minimum Gasteiger partial charge on any atom is -0.297 e. The third kappa shape index (κ3) is 2.59. The van der Waals surface area contributed by atoms with Crippen LogP contribution in [0.4, 0.5) is 0 Å². The van der Waals surface area contributed by atoms with Gasteiger partial charge in [0.2, 0.25) is 0 Å². The van der Waals surface area contributed by atoms with Crippen molar-refractivity contribution < 1.29 is 8.42 Å². The lowest BCUT2D eigenvalue weighted by Crippen LogP contribution is -2.19. The van der Waals surface area contributed by atoms with Gasteiger partial charge >= 0.3 is 0 Å². The summed E-state index contributed by atoms with van der Waals surface area (Å²) >= 11 is 0. The number of benzene rings is 1. The number of sulfonamides is 1. The van der Waals surface area contributed by atoms with Crippen LogP contribution in [0, 0.1) is 13.8 Å². The molecule has 2 rings (SSSR count). The van der Waals surface area contributed by atoms with E-state index in [1.54, 1.807) is 4.57 Å². The summed E-state index contributed by atoms with van der Waals surface area (Å²) < 4.78 is 24.7. The molecule has 0 saturated carbocycles. The van der Waals surface area contributed by atoms with Crippen LogP contribution in [0.5, 0.6) is 0 Å². The van der Waals surface area contributed by atoms with E-state index in [4.69, 9.17) is 5.14 Å². The van der Waals surface area contributed by atoms with E-state index in [9.17, 15) is 8.42 Å². The van der Waals surface area contributed by atoms with Gasteiger partial charge in [0.05, 0.1) is 0 Å². The van der Waals surface area contributed by atoms with Crippen LogP contribution in [0.2, 0.25) is 0 Å². The monoisotopic (exact) mass is 294 g/mol. The Hall–Kier alpha value is -1.73.